The zero-order valence-corrected chi connectivity index (χ0v) is 13.1. The van der Waals surface area contributed by atoms with Crippen LogP contribution in [0.15, 0.2) is 23.1 Å². The van der Waals surface area contributed by atoms with Gasteiger partial charge in [0.15, 0.2) is 11.6 Å². The van der Waals surface area contributed by atoms with E-state index in [1.165, 1.54) is 0 Å². The Bertz CT molecular complexity index is 551. The Hall–Kier alpha value is -0.530. The molecule has 1 N–H and O–H groups in total. The van der Waals surface area contributed by atoms with E-state index in [4.69, 9.17) is 0 Å². The quantitative estimate of drug-likeness (QED) is 0.796. The molecule has 0 aliphatic rings. The fourth-order valence-electron chi connectivity index (χ4n) is 1.54. The molecule has 1 unspecified atom stereocenters. The number of benzene rings is 1. The van der Waals surface area contributed by atoms with Crippen LogP contribution in [0.3, 0.4) is 0 Å². The van der Waals surface area contributed by atoms with Crippen molar-refractivity contribution >= 4 is 26.0 Å². The van der Waals surface area contributed by atoms with E-state index in [9.17, 15) is 17.2 Å². The Labute approximate surface area is 120 Å². The maximum atomic E-state index is 13.1. The first-order chi connectivity index (χ1) is 8.74. The van der Waals surface area contributed by atoms with Gasteiger partial charge in [0.2, 0.25) is 10.0 Å². The van der Waals surface area contributed by atoms with Crippen molar-refractivity contribution in [3.05, 3.63) is 29.8 Å². The van der Waals surface area contributed by atoms with E-state index in [0.717, 1.165) is 12.1 Å². The average molecular weight is 356 g/mol. The van der Waals surface area contributed by atoms with E-state index >= 15 is 0 Å². The Morgan fingerprint density at radius 1 is 1.32 bits per heavy atom. The summed E-state index contributed by atoms with van der Waals surface area (Å²) in [6.45, 7) is 3.63. The van der Waals surface area contributed by atoms with Gasteiger partial charge in [-0.15, -0.1) is 0 Å². The second-order valence-corrected chi connectivity index (χ2v) is 7.01. The molecule has 0 aromatic heterocycles. The van der Waals surface area contributed by atoms with Gasteiger partial charge in [-0.2, -0.15) is 0 Å². The van der Waals surface area contributed by atoms with Crippen LogP contribution < -0.4 is 4.72 Å². The molecule has 0 spiro atoms. The lowest BCUT2D eigenvalue weighted by atomic mass is 9.98. The lowest BCUT2D eigenvalue weighted by Gasteiger charge is -2.28. The van der Waals surface area contributed by atoms with Gasteiger partial charge in [-0.1, -0.05) is 22.9 Å². The van der Waals surface area contributed by atoms with Gasteiger partial charge in [0, 0.05) is 10.9 Å². The average Bonchev–Trinajstić information content (AvgIpc) is 2.32. The van der Waals surface area contributed by atoms with Crippen molar-refractivity contribution < 1.29 is 17.2 Å². The molecule has 0 amide bonds. The maximum absolute atomic E-state index is 13.1. The van der Waals surface area contributed by atoms with E-state index in [1.807, 2.05) is 6.92 Å². The molecule has 0 saturated heterocycles. The predicted octanol–water partition coefficient (Wildman–Crippen LogP) is 3.20. The molecule has 0 saturated carbocycles. The van der Waals surface area contributed by atoms with Gasteiger partial charge in [-0.25, -0.2) is 21.9 Å². The molecule has 0 aliphatic heterocycles. The van der Waals surface area contributed by atoms with Crippen LogP contribution >= 0.6 is 15.9 Å². The van der Waals surface area contributed by atoms with E-state index in [2.05, 4.69) is 20.7 Å². The van der Waals surface area contributed by atoms with Crippen molar-refractivity contribution in [2.45, 2.75) is 37.1 Å². The molecule has 7 heteroatoms. The molecular weight excluding hydrogens is 340 g/mol. The molecule has 1 atom stereocenters. The third-order valence-corrected chi connectivity index (χ3v) is 5.04. The number of halogens is 3. The SMILES string of the molecule is CCC(C)(CCBr)NS(=O)(=O)c1ccc(F)c(F)c1. The fraction of sp³-hybridized carbons (Fsp3) is 0.500. The largest absolute Gasteiger partial charge is 0.241 e. The van der Waals surface area contributed by atoms with Gasteiger partial charge in [0.1, 0.15) is 0 Å². The fourth-order valence-corrected chi connectivity index (χ4v) is 3.93. The Kier molecular flexibility index (Phi) is 5.46. The van der Waals surface area contributed by atoms with Crippen molar-refractivity contribution in [3.8, 4) is 0 Å². The summed E-state index contributed by atoms with van der Waals surface area (Å²) in [5, 5.41) is 0.637. The highest BCUT2D eigenvalue weighted by Crippen LogP contribution is 2.21. The van der Waals surface area contributed by atoms with Gasteiger partial charge in [0.05, 0.1) is 4.90 Å². The van der Waals surface area contributed by atoms with Crippen LogP contribution in [-0.2, 0) is 10.0 Å². The summed E-state index contributed by atoms with van der Waals surface area (Å²) in [5.41, 5.74) is -0.632. The first-order valence-electron chi connectivity index (χ1n) is 5.79. The van der Waals surface area contributed by atoms with Crippen molar-refractivity contribution in [1.82, 2.24) is 4.72 Å². The molecule has 0 aliphatic carbocycles. The maximum Gasteiger partial charge on any atom is 0.241 e. The topological polar surface area (TPSA) is 46.2 Å². The number of hydrogen-bond acceptors (Lipinski definition) is 2. The molecule has 0 heterocycles. The monoisotopic (exact) mass is 355 g/mol. The molecule has 1 aromatic rings. The van der Waals surface area contributed by atoms with Crippen molar-refractivity contribution in [2.24, 2.45) is 0 Å². The summed E-state index contributed by atoms with van der Waals surface area (Å²) in [6, 6.07) is 2.53. The van der Waals surface area contributed by atoms with Crippen LogP contribution in [0.2, 0.25) is 0 Å². The normalized spacial score (nSPS) is 15.2. The molecule has 3 nitrogen and oxygen atoms in total. The zero-order valence-electron chi connectivity index (χ0n) is 10.7. The number of sulfonamides is 1. The van der Waals surface area contributed by atoms with Crippen LogP contribution in [0.5, 0.6) is 0 Å². The highest BCUT2D eigenvalue weighted by molar-refractivity contribution is 9.09. The molecule has 19 heavy (non-hydrogen) atoms. The predicted molar refractivity (Wildman–Crippen MR) is 73.8 cm³/mol. The Morgan fingerprint density at radius 2 is 1.95 bits per heavy atom. The molecule has 108 valence electrons. The second-order valence-electron chi connectivity index (χ2n) is 4.53. The minimum absolute atomic E-state index is 0.277. The van der Waals surface area contributed by atoms with Crippen LogP contribution in [0, 0.1) is 11.6 Å². The lowest BCUT2D eigenvalue weighted by Crippen LogP contribution is -2.45. The number of nitrogens with one attached hydrogen (secondary N) is 1. The minimum Gasteiger partial charge on any atom is -0.207 e. The first kappa shape index (κ1) is 16.5. The van der Waals surface area contributed by atoms with Crippen molar-refractivity contribution in [2.75, 3.05) is 5.33 Å². The highest BCUT2D eigenvalue weighted by Gasteiger charge is 2.28. The van der Waals surface area contributed by atoms with Crippen molar-refractivity contribution in [3.63, 3.8) is 0 Å². The first-order valence-corrected chi connectivity index (χ1v) is 8.39. The number of hydrogen-bond donors (Lipinski definition) is 1. The molecule has 0 fully saturated rings. The Morgan fingerprint density at radius 3 is 2.42 bits per heavy atom. The van der Waals surface area contributed by atoms with E-state index in [-0.39, 0.29) is 4.90 Å². The van der Waals surface area contributed by atoms with Gasteiger partial charge >= 0.3 is 0 Å². The van der Waals surface area contributed by atoms with E-state index in [1.54, 1.807) is 6.92 Å². The summed E-state index contributed by atoms with van der Waals surface area (Å²) in [7, 11) is -3.87. The molecule has 1 aromatic carbocycles. The Balaban J connectivity index is 3.07. The summed E-state index contributed by atoms with van der Waals surface area (Å²) in [4.78, 5) is -0.277. The van der Waals surface area contributed by atoms with Gasteiger partial charge < -0.3 is 0 Å². The van der Waals surface area contributed by atoms with Gasteiger partial charge in [-0.3, -0.25) is 0 Å². The van der Waals surface area contributed by atoms with Gasteiger partial charge in [0.25, 0.3) is 0 Å². The summed E-state index contributed by atoms with van der Waals surface area (Å²) in [6.07, 6.45) is 1.17. The smallest absolute Gasteiger partial charge is 0.207 e. The van der Waals surface area contributed by atoms with Gasteiger partial charge in [-0.05, 0) is 38.0 Å². The van der Waals surface area contributed by atoms with Crippen LogP contribution in [0.1, 0.15) is 26.7 Å². The van der Waals surface area contributed by atoms with Crippen LogP contribution in [0.25, 0.3) is 0 Å². The van der Waals surface area contributed by atoms with Crippen LogP contribution in [0.4, 0.5) is 8.78 Å². The number of rotatable bonds is 6. The number of alkyl halides is 1. The molecule has 0 bridgehead atoms. The molecule has 1 rings (SSSR count). The summed E-state index contributed by atoms with van der Waals surface area (Å²) in [5.74, 6) is -2.25. The molecular formula is C12H16BrF2NO2S. The minimum atomic E-state index is -3.87. The third-order valence-electron chi connectivity index (χ3n) is 3.01. The van der Waals surface area contributed by atoms with E-state index in [0.29, 0.717) is 24.2 Å². The van der Waals surface area contributed by atoms with Crippen molar-refractivity contribution in [1.29, 1.82) is 0 Å². The second kappa shape index (κ2) is 6.28. The van der Waals surface area contributed by atoms with Crippen LogP contribution in [-0.4, -0.2) is 19.3 Å². The highest BCUT2D eigenvalue weighted by atomic mass is 79.9. The van der Waals surface area contributed by atoms with E-state index < -0.39 is 27.2 Å². The summed E-state index contributed by atoms with van der Waals surface area (Å²) >= 11 is 3.27. The lowest BCUT2D eigenvalue weighted by molar-refractivity contribution is 0.392. The standard InChI is InChI=1S/C12H16BrF2NO2S/c1-3-12(2,6-7-13)16-19(17,18)9-4-5-10(14)11(15)8-9/h4-5,8,16H,3,6-7H2,1-2H3. The zero-order chi connectivity index (χ0) is 14.7. The summed E-state index contributed by atoms with van der Waals surface area (Å²) < 4.78 is 52.7. The third kappa shape index (κ3) is 4.22. The molecule has 0 radical (unpaired) electrons.